The number of nitro groups is 1. The molecule has 1 unspecified atom stereocenters. The van der Waals surface area contributed by atoms with Gasteiger partial charge in [-0.15, -0.1) is 0 Å². The van der Waals surface area contributed by atoms with Gasteiger partial charge in [-0.05, 0) is 6.07 Å². The van der Waals surface area contributed by atoms with E-state index in [1.807, 2.05) is 0 Å². The van der Waals surface area contributed by atoms with Crippen molar-refractivity contribution in [2.45, 2.75) is 4.90 Å². The molecule has 96 valence electrons. The fraction of sp³-hybridized carbons (Fsp3) is 0. The minimum Gasteiger partial charge on any atom is -0.478 e. The highest BCUT2D eigenvalue weighted by atomic mass is 32.2. The summed E-state index contributed by atoms with van der Waals surface area (Å²) in [5, 5.41) is 28.2. The Morgan fingerprint density at radius 3 is 2.11 bits per heavy atom. The number of carboxylic acid groups (broad SMARTS) is 2. The molecule has 10 heteroatoms. The summed E-state index contributed by atoms with van der Waals surface area (Å²) in [5.41, 5.74) is -3.02. The van der Waals surface area contributed by atoms with Crippen molar-refractivity contribution in [1.82, 2.24) is 0 Å². The molecule has 0 fully saturated rings. The van der Waals surface area contributed by atoms with E-state index in [0.29, 0.717) is 12.1 Å². The normalized spacial score (nSPS) is 11.8. The number of nitro benzene ring substituents is 1. The summed E-state index contributed by atoms with van der Waals surface area (Å²) in [7, 11) is 0. The maximum atomic E-state index is 10.8. The topological polar surface area (TPSA) is 155 Å². The Morgan fingerprint density at radius 2 is 1.78 bits per heavy atom. The molecule has 0 spiro atoms. The van der Waals surface area contributed by atoms with Crippen LogP contribution in [0.3, 0.4) is 0 Å². The second kappa shape index (κ2) is 4.89. The minimum atomic E-state index is -2.66. The Kier molecular flexibility index (Phi) is 3.73. The number of benzene rings is 1. The van der Waals surface area contributed by atoms with Crippen LogP contribution in [0.1, 0.15) is 20.7 Å². The van der Waals surface area contributed by atoms with Gasteiger partial charge in [-0.25, -0.2) is 13.8 Å². The van der Waals surface area contributed by atoms with Gasteiger partial charge < -0.3 is 14.8 Å². The summed E-state index contributed by atoms with van der Waals surface area (Å²) < 4.78 is 19.6. The average molecular weight is 275 g/mol. The van der Waals surface area contributed by atoms with E-state index in [2.05, 4.69) is 0 Å². The van der Waals surface area contributed by atoms with E-state index in [-0.39, 0.29) is 0 Å². The first-order chi connectivity index (χ1) is 8.25. The summed E-state index contributed by atoms with van der Waals surface area (Å²) in [6.45, 7) is 0. The van der Waals surface area contributed by atoms with Gasteiger partial charge in [0.15, 0.2) is 16.6 Å². The number of rotatable bonds is 4. The van der Waals surface area contributed by atoms with Gasteiger partial charge in [-0.3, -0.25) is 10.1 Å². The molecule has 3 N–H and O–H groups in total. The van der Waals surface area contributed by atoms with E-state index in [1.165, 1.54) is 0 Å². The van der Waals surface area contributed by atoms with Gasteiger partial charge in [-0.2, -0.15) is 0 Å². The molecule has 0 heterocycles. The first-order valence-corrected chi connectivity index (χ1v) is 5.26. The first kappa shape index (κ1) is 13.7. The van der Waals surface area contributed by atoms with E-state index >= 15 is 0 Å². The lowest BCUT2D eigenvalue weighted by molar-refractivity contribution is -0.385. The molecule has 0 saturated heterocycles. The molecule has 18 heavy (non-hydrogen) atoms. The molecule has 0 bridgehead atoms. The van der Waals surface area contributed by atoms with Crippen molar-refractivity contribution in [2.24, 2.45) is 0 Å². The zero-order chi connectivity index (χ0) is 14.0. The van der Waals surface area contributed by atoms with Crippen molar-refractivity contribution in [1.29, 1.82) is 0 Å². The SMILES string of the molecule is O=C(O)c1cc(S(=O)O)cc([N+](=O)[O-])c1C(=O)O. The van der Waals surface area contributed by atoms with Crippen LogP contribution in [0.2, 0.25) is 0 Å². The van der Waals surface area contributed by atoms with Gasteiger partial charge in [0.1, 0.15) is 0 Å². The molecule has 1 aromatic carbocycles. The third kappa shape index (κ3) is 2.49. The molecule has 0 saturated carbocycles. The van der Waals surface area contributed by atoms with Gasteiger partial charge in [0.25, 0.3) is 5.69 Å². The highest BCUT2D eigenvalue weighted by molar-refractivity contribution is 7.79. The molecule has 1 aromatic rings. The van der Waals surface area contributed by atoms with Gasteiger partial charge >= 0.3 is 11.9 Å². The van der Waals surface area contributed by atoms with Crippen LogP contribution in [0.5, 0.6) is 0 Å². The second-order valence-corrected chi connectivity index (χ2v) is 3.95. The van der Waals surface area contributed by atoms with E-state index in [1.54, 1.807) is 0 Å². The molecule has 9 nitrogen and oxygen atoms in total. The van der Waals surface area contributed by atoms with Gasteiger partial charge in [0.05, 0.1) is 15.4 Å². The molecule has 0 radical (unpaired) electrons. The Bertz CT molecular complexity index is 545. The van der Waals surface area contributed by atoms with Crippen molar-refractivity contribution >= 4 is 28.7 Å². The van der Waals surface area contributed by atoms with E-state index in [9.17, 15) is 23.9 Å². The van der Waals surface area contributed by atoms with Crippen LogP contribution in [0, 0.1) is 10.1 Å². The van der Waals surface area contributed by atoms with Crippen LogP contribution < -0.4 is 0 Å². The Morgan fingerprint density at radius 1 is 1.22 bits per heavy atom. The number of hydrogen-bond donors (Lipinski definition) is 3. The summed E-state index contributed by atoms with van der Waals surface area (Å²) in [6, 6.07) is 1.15. The number of hydrogen-bond acceptors (Lipinski definition) is 5. The summed E-state index contributed by atoms with van der Waals surface area (Å²) >= 11 is -2.66. The third-order valence-electron chi connectivity index (χ3n) is 1.93. The monoisotopic (exact) mass is 275 g/mol. The predicted molar refractivity (Wildman–Crippen MR) is 56.1 cm³/mol. The fourth-order valence-electron chi connectivity index (χ4n) is 1.24. The second-order valence-electron chi connectivity index (χ2n) is 2.98. The Balaban J connectivity index is 3.76. The first-order valence-electron chi connectivity index (χ1n) is 4.15. The smallest absolute Gasteiger partial charge is 0.343 e. The van der Waals surface area contributed by atoms with E-state index < -0.39 is 49.7 Å². The standard InChI is InChI=1S/C8H5NO8S/c10-7(11)4-1-3(18(16)17)2-5(9(14)15)6(4)8(12)13/h1-2H,(H,10,11)(H,12,13)(H,16,17). The van der Waals surface area contributed by atoms with E-state index in [0.717, 1.165) is 0 Å². The van der Waals surface area contributed by atoms with Crippen LogP contribution >= 0.6 is 0 Å². The molecular formula is C8H5NO8S. The lowest BCUT2D eigenvalue weighted by Gasteiger charge is -2.04. The Labute approximate surface area is 101 Å². The van der Waals surface area contributed by atoms with Crippen molar-refractivity contribution in [3.8, 4) is 0 Å². The van der Waals surface area contributed by atoms with Crippen LogP contribution in [0.15, 0.2) is 17.0 Å². The van der Waals surface area contributed by atoms with Gasteiger partial charge in [0, 0.05) is 6.07 Å². The number of nitrogens with zero attached hydrogens (tertiary/aromatic N) is 1. The third-order valence-corrected chi connectivity index (χ3v) is 2.57. The number of aromatic carboxylic acids is 2. The highest BCUT2D eigenvalue weighted by Crippen LogP contribution is 2.26. The lowest BCUT2D eigenvalue weighted by Crippen LogP contribution is -2.12. The zero-order valence-electron chi connectivity index (χ0n) is 8.39. The zero-order valence-corrected chi connectivity index (χ0v) is 9.21. The molecule has 1 rings (SSSR count). The molecule has 0 amide bonds. The minimum absolute atomic E-state index is 0.548. The largest absolute Gasteiger partial charge is 0.478 e. The summed E-state index contributed by atoms with van der Waals surface area (Å²) in [5.74, 6) is -3.56. The van der Waals surface area contributed by atoms with Crippen molar-refractivity contribution in [3.63, 3.8) is 0 Å². The maximum absolute atomic E-state index is 10.8. The van der Waals surface area contributed by atoms with Crippen LogP contribution in [0.25, 0.3) is 0 Å². The number of carboxylic acids is 2. The quantitative estimate of drug-likeness (QED) is 0.409. The maximum Gasteiger partial charge on any atom is 0.343 e. The van der Waals surface area contributed by atoms with Crippen LogP contribution in [0.4, 0.5) is 5.69 Å². The van der Waals surface area contributed by atoms with Crippen LogP contribution in [-0.4, -0.2) is 35.8 Å². The van der Waals surface area contributed by atoms with Gasteiger partial charge in [0.2, 0.25) is 0 Å². The summed E-state index contributed by atoms with van der Waals surface area (Å²) in [6.07, 6.45) is 0. The molecule has 1 atom stereocenters. The van der Waals surface area contributed by atoms with Crippen LogP contribution in [-0.2, 0) is 11.1 Å². The molecule has 0 aliphatic heterocycles. The predicted octanol–water partition coefficient (Wildman–Crippen LogP) is 0.572. The molecular weight excluding hydrogens is 270 g/mol. The molecule has 0 aromatic heterocycles. The average Bonchev–Trinajstić information content (AvgIpc) is 2.26. The summed E-state index contributed by atoms with van der Waals surface area (Å²) in [4.78, 5) is 30.6. The van der Waals surface area contributed by atoms with Gasteiger partial charge in [-0.1, -0.05) is 0 Å². The number of carbonyl (C=O) groups is 2. The van der Waals surface area contributed by atoms with Crippen molar-refractivity contribution in [2.75, 3.05) is 0 Å². The van der Waals surface area contributed by atoms with E-state index in [4.69, 9.17) is 14.8 Å². The van der Waals surface area contributed by atoms with Crippen molar-refractivity contribution < 1.29 is 33.5 Å². The fourth-order valence-corrected chi connectivity index (χ4v) is 1.67. The molecule has 0 aliphatic rings. The lowest BCUT2D eigenvalue weighted by atomic mass is 10.1. The Hall–Kier alpha value is -2.33. The van der Waals surface area contributed by atoms with Crippen molar-refractivity contribution in [3.05, 3.63) is 33.4 Å². The highest BCUT2D eigenvalue weighted by Gasteiger charge is 2.29. The molecule has 0 aliphatic carbocycles.